The second kappa shape index (κ2) is 8.20. The van der Waals surface area contributed by atoms with Gasteiger partial charge in [0.05, 0.1) is 9.90 Å². The predicted octanol–water partition coefficient (Wildman–Crippen LogP) is 5.33. The van der Waals surface area contributed by atoms with E-state index >= 15 is 0 Å². The third kappa shape index (κ3) is 4.40. The highest BCUT2D eigenvalue weighted by atomic mass is 35.5. The number of amides is 1. The van der Waals surface area contributed by atoms with Crippen LogP contribution in [0.4, 0.5) is 17.2 Å². The fourth-order valence-corrected chi connectivity index (χ4v) is 4.10. The Bertz CT molecular complexity index is 1170. The molecule has 0 spiro atoms. The molecule has 0 aliphatic heterocycles. The van der Waals surface area contributed by atoms with Crippen molar-refractivity contribution in [2.24, 2.45) is 0 Å². The second-order valence-corrected chi connectivity index (χ2v) is 8.29. The molecule has 29 heavy (non-hydrogen) atoms. The van der Waals surface area contributed by atoms with Gasteiger partial charge < -0.3 is 10.6 Å². The molecular weight excluding hydrogens is 431 g/mol. The minimum absolute atomic E-state index is 0.310. The summed E-state index contributed by atoms with van der Waals surface area (Å²) in [6.07, 6.45) is 5.04. The Kier molecular flexibility index (Phi) is 5.48. The summed E-state index contributed by atoms with van der Waals surface area (Å²) in [7, 11) is 0. The quantitative estimate of drug-likeness (QED) is 0.434. The van der Waals surface area contributed by atoms with Gasteiger partial charge in [0.15, 0.2) is 0 Å². The zero-order chi connectivity index (χ0) is 20.4. The maximum Gasteiger partial charge on any atom is 0.258 e. The molecule has 0 bridgehead atoms. The molecule has 0 aliphatic carbocycles. The van der Waals surface area contributed by atoms with Crippen molar-refractivity contribution in [3.63, 3.8) is 0 Å². The molecule has 0 atom stereocenters. The summed E-state index contributed by atoms with van der Waals surface area (Å²) in [5.74, 6) is 1.88. The number of carbonyl (C=O) groups excluding carboxylic acids is 1. The molecule has 0 saturated heterocycles. The minimum Gasteiger partial charge on any atom is -0.340 e. The van der Waals surface area contributed by atoms with Crippen molar-refractivity contribution in [3.8, 4) is 5.82 Å². The van der Waals surface area contributed by atoms with Crippen molar-refractivity contribution in [2.45, 2.75) is 6.92 Å². The minimum atomic E-state index is -0.310. The van der Waals surface area contributed by atoms with Gasteiger partial charge in [-0.25, -0.2) is 15.0 Å². The Labute approximate surface area is 180 Å². The Balaban J connectivity index is 1.45. The number of aromatic nitrogens is 4. The first-order chi connectivity index (χ1) is 14.0. The summed E-state index contributed by atoms with van der Waals surface area (Å²) in [5, 5.41) is 6.01. The van der Waals surface area contributed by atoms with E-state index in [2.05, 4.69) is 25.6 Å². The van der Waals surface area contributed by atoms with Crippen LogP contribution in [0.2, 0.25) is 8.67 Å². The number of hydrogen-bond donors (Lipinski definition) is 2. The number of imidazole rings is 1. The average Bonchev–Trinajstić information content (AvgIpc) is 3.28. The van der Waals surface area contributed by atoms with E-state index in [1.807, 2.05) is 35.9 Å². The molecule has 7 nitrogen and oxygen atoms in total. The van der Waals surface area contributed by atoms with E-state index in [0.29, 0.717) is 31.6 Å². The third-order valence-corrected chi connectivity index (χ3v) is 5.53. The lowest BCUT2D eigenvalue weighted by Gasteiger charge is -2.09. The van der Waals surface area contributed by atoms with Crippen molar-refractivity contribution in [3.05, 3.63) is 75.2 Å². The lowest BCUT2D eigenvalue weighted by Crippen LogP contribution is -2.11. The highest BCUT2D eigenvalue weighted by Gasteiger charge is 2.14. The summed E-state index contributed by atoms with van der Waals surface area (Å²) < 4.78 is 2.70. The van der Waals surface area contributed by atoms with Crippen LogP contribution in [0.1, 0.15) is 16.2 Å². The summed E-state index contributed by atoms with van der Waals surface area (Å²) in [5.41, 5.74) is 1.80. The molecule has 2 N–H and O–H groups in total. The average molecular weight is 445 g/mol. The summed E-state index contributed by atoms with van der Waals surface area (Å²) in [6, 6.07) is 10.6. The maximum absolute atomic E-state index is 12.3. The van der Waals surface area contributed by atoms with Crippen LogP contribution in [-0.4, -0.2) is 25.4 Å². The van der Waals surface area contributed by atoms with Crippen LogP contribution in [-0.2, 0) is 0 Å². The first-order valence-electron chi connectivity index (χ1n) is 8.45. The van der Waals surface area contributed by atoms with Crippen molar-refractivity contribution in [1.29, 1.82) is 0 Å². The number of aryl methyl sites for hydroxylation is 1. The van der Waals surface area contributed by atoms with Crippen LogP contribution >= 0.6 is 34.5 Å². The number of benzene rings is 1. The number of hydrogen-bond acceptors (Lipinski definition) is 6. The van der Waals surface area contributed by atoms with E-state index in [1.54, 1.807) is 24.4 Å². The molecule has 3 aromatic heterocycles. The number of carbonyl (C=O) groups is 1. The largest absolute Gasteiger partial charge is 0.340 e. The molecule has 146 valence electrons. The fourth-order valence-electron chi connectivity index (χ4n) is 2.65. The third-order valence-electron chi connectivity index (χ3n) is 4.04. The SMILES string of the molecule is Cc1nccn1-c1cc(Nc2ccc(NC(=O)c3cc(Cl)sc3Cl)cc2)ncn1. The zero-order valence-corrected chi connectivity index (χ0v) is 17.4. The Hall–Kier alpha value is -2.94. The standard InChI is InChI=1S/C19H14Cl2N6OS/c1-11-22-6-7-27(11)17-9-16(23-10-24-17)25-12-2-4-13(5-3-12)26-19(28)14-8-15(20)29-18(14)21/h2-10H,1H3,(H,26,28)(H,23,24,25). The van der Waals surface area contributed by atoms with Gasteiger partial charge in [-0.15, -0.1) is 11.3 Å². The molecule has 0 unspecified atom stereocenters. The van der Waals surface area contributed by atoms with Gasteiger partial charge in [-0.2, -0.15) is 0 Å². The highest BCUT2D eigenvalue weighted by Crippen LogP contribution is 2.31. The Morgan fingerprint density at radius 1 is 1.07 bits per heavy atom. The van der Waals surface area contributed by atoms with Gasteiger partial charge in [0, 0.05) is 29.8 Å². The van der Waals surface area contributed by atoms with E-state index in [1.165, 1.54) is 6.33 Å². The lowest BCUT2D eigenvalue weighted by atomic mass is 10.2. The lowest BCUT2D eigenvalue weighted by molar-refractivity contribution is 0.102. The van der Waals surface area contributed by atoms with Crippen molar-refractivity contribution in [1.82, 2.24) is 19.5 Å². The molecule has 0 aliphatic rings. The van der Waals surface area contributed by atoms with Gasteiger partial charge in [0.2, 0.25) is 0 Å². The van der Waals surface area contributed by atoms with Gasteiger partial charge in [-0.3, -0.25) is 9.36 Å². The first kappa shape index (κ1) is 19.4. The zero-order valence-electron chi connectivity index (χ0n) is 15.1. The van der Waals surface area contributed by atoms with Gasteiger partial charge in [0.25, 0.3) is 5.91 Å². The van der Waals surface area contributed by atoms with E-state index in [4.69, 9.17) is 23.2 Å². The van der Waals surface area contributed by atoms with Crippen molar-refractivity contribution in [2.75, 3.05) is 10.6 Å². The molecule has 4 rings (SSSR count). The fraction of sp³-hybridized carbons (Fsp3) is 0.0526. The van der Waals surface area contributed by atoms with Gasteiger partial charge in [-0.1, -0.05) is 23.2 Å². The first-order valence-corrected chi connectivity index (χ1v) is 10.0. The van der Waals surface area contributed by atoms with Crippen LogP contribution in [0.15, 0.2) is 55.1 Å². The van der Waals surface area contributed by atoms with E-state index in [0.717, 1.165) is 22.8 Å². The predicted molar refractivity (Wildman–Crippen MR) is 116 cm³/mol. The van der Waals surface area contributed by atoms with E-state index < -0.39 is 0 Å². The van der Waals surface area contributed by atoms with Crippen LogP contribution < -0.4 is 10.6 Å². The van der Waals surface area contributed by atoms with Gasteiger partial charge in [0.1, 0.15) is 28.1 Å². The summed E-state index contributed by atoms with van der Waals surface area (Å²) in [4.78, 5) is 25.0. The number of nitrogens with one attached hydrogen (secondary N) is 2. The van der Waals surface area contributed by atoms with Crippen LogP contribution in [0.5, 0.6) is 0 Å². The number of nitrogens with zero attached hydrogens (tertiary/aromatic N) is 4. The molecule has 1 amide bonds. The molecule has 3 heterocycles. The Morgan fingerprint density at radius 2 is 1.83 bits per heavy atom. The maximum atomic E-state index is 12.3. The molecule has 0 radical (unpaired) electrons. The van der Waals surface area contributed by atoms with Crippen LogP contribution in [0.25, 0.3) is 5.82 Å². The number of rotatable bonds is 5. The highest BCUT2D eigenvalue weighted by molar-refractivity contribution is 7.20. The van der Waals surface area contributed by atoms with Crippen molar-refractivity contribution < 1.29 is 4.79 Å². The second-order valence-electron chi connectivity index (χ2n) is 6.00. The summed E-state index contributed by atoms with van der Waals surface area (Å²) >= 11 is 13.1. The normalized spacial score (nSPS) is 10.7. The molecule has 1 aromatic carbocycles. The van der Waals surface area contributed by atoms with Gasteiger partial charge in [-0.05, 0) is 37.3 Å². The monoisotopic (exact) mass is 444 g/mol. The molecule has 10 heteroatoms. The molecular formula is C19H14Cl2N6OS. The van der Waals surface area contributed by atoms with E-state index in [9.17, 15) is 4.79 Å². The smallest absolute Gasteiger partial charge is 0.258 e. The van der Waals surface area contributed by atoms with Crippen molar-refractivity contribution >= 4 is 57.6 Å². The Morgan fingerprint density at radius 3 is 2.48 bits per heavy atom. The summed E-state index contributed by atoms with van der Waals surface area (Å²) in [6.45, 7) is 1.90. The van der Waals surface area contributed by atoms with Crippen LogP contribution in [0.3, 0.4) is 0 Å². The van der Waals surface area contributed by atoms with E-state index in [-0.39, 0.29) is 5.91 Å². The van der Waals surface area contributed by atoms with Crippen LogP contribution in [0, 0.1) is 6.92 Å². The number of anilines is 3. The molecule has 4 aromatic rings. The molecule has 0 fully saturated rings. The number of halogens is 2. The number of thiophene rings is 1. The van der Waals surface area contributed by atoms with Gasteiger partial charge >= 0.3 is 0 Å². The topological polar surface area (TPSA) is 84.7 Å². The molecule has 0 saturated carbocycles.